The van der Waals surface area contributed by atoms with Gasteiger partial charge >= 0.3 is 17.9 Å². The van der Waals surface area contributed by atoms with Crippen LogP contribution in [0.3, 0.4) is 0 Å². The standard InChI is InChI=1S/C74H132O6/c1-4-7-10-13-16-19-22-25-28-30-31-32-33-34-35-36-37-38-39-40-41-42-43-45-46-49-52-55-58-61-64-67-73(76)79-70-71(69-78-72(75)66-63-60-57-54-51-48-27-24-21-18-15-12-9-6-3)80-74(77)68-65-62-59-56-53-50-47-44-29-26-23-20-17-14-11-8-5-2/h15,17-18,20,22,24-27,29-31,71H,4-14,16,19,21,23,28,32-70H2,1-3H3/b18-15-,20-17-,25-22-,27-24-,29-26-,31-30-. The van der Waals surface area contributed by atoms with Crippen LogP contribution in [0.4, 0.5) is 0 Å². The zero-order valence-electron chi connectivity index (χ0n) is 53.3. The van der Waals surface area contributed by atoms with E-state index in [1.54, 1.807) is 0 Å². The molecule has 0 heterocycles. The van der Waals surface area contributed by atoms with Crippen LogP contribution in [0.5, 0.6) is 0 Å². The molecule has 0 spiro atoms. The first-order valence-electron chi connectivity index (χ1n) is 34.9. The van der Waals surface area contributed by atoms with Crippen LogP contribution in [0.15, 0.2) is 72.9 Å². The molecule has 0 aliphatic rings. The maximum absolute atomic E-state index is 12.9. The lowest BCUT2D eigenvalue weighted by molar-refractivity contribution is -0.167. The molecule has 0 aliphatic carbocycles. The molecule has 1 atom stereocenters. The number of allylic oxidation sites excluding steroid dienone is 12. The third-order valence-electron chi connectivity index (χ3n) is 15.4. The molecule has 0 bridgehead atoms. The number of hydrogen-bond donors (Lipinski definition) is 0. The molecule has 0 N–H and O–H groups in total. The predicted molar refractivity (Wildman–Crippen MR) is 348 cm³/mol. The normalized spacial score (nSPS) is 12.5. The van der Waals surface area contributed by atoms with Crippen LogP contribution in [0.2, 0.25) is 0 Å². The number of rotatable bonds is 64. The minimum absolute atomic E-state index is 0.0802. The van der Waals surface area contributed by atoms with E-state index in [0.717, 1.165) is 96.3 Å². The van der Waals surface area contributed by atoms with Crippen LogP contribution >= 0.6 is 0 Å². The van der Waals surface area contributed by atoms with Crippen molar-refractivity contribution >= 4 is 17.9 Å². The zero-order valence-corrected chi connectivity index (χ0v) is 53.3. The van der Waals surface area contributed by atoms with Crippen LogP contribution < -0.4 is 0 Å². The SMILES string of the molecule is CCCC/C=C\C/C=C\CCCCCCCC(=O)OCC(COC(=O)CCCCCCCCCCCCCCCCCCCCC/C=C\C/C=C\CCCCCCC)OC(=O)CCCCCCCCC/C=C\C/C=C\CCCCC. The Bertz CT molecular complexity index is 1470. The van der Waals surface area contributed by atoms with E-state index in [2.05, 4.69) is 93.7 Å². The summed E-state index contributed by atoms with van der Waals surface area (Å²) in [5, 5.41) is 0. The first-order valence-corrected chi connectivity index (χ1v) is 34.9. The van der Waals surface area contributed by atoms with Crippen LogP contribution in [0, 0.1) is 0 Å². The Hall–Kier alpha value is -3.15. The molecule has 0 aromatic rings. The fourth-order valence-electron chi connectivity index (χ4n) is 10.1. The zero-order chi connectivity index (χ0) is 57.8. The van der Waals surface area contributed by atoms with Gasteiger partial charge in [-0.3, -0.25) is 14.4 Å². The second-order valence-corrected chi connectivity index (χ2v) is 23.4. The van der Waals surface area contributed by atoms with Gasteiger partial charge in [0, 0.05) is 19.3 Å². The van der Waals surface area contributed by atoms with E-state index in [1.165, 1.54) is 225 Å². The summed E-state index contributed by atoms with van der Waals surface area (Å²) in [6, 6.07) is 0. The Morgan fingerprint density at radius 3 is 0.750 bits per heavy atom. The van der Waals surface area contributed by atoms with E-state index in [-0.39, 0.29) is 31.1 Å². The average molecular weight is 1120 g/mol. The molecule has 0 radical (unpaired) electrons. The maximum Gasteiger partial charge on any atom is 0.306 e. The minimum Gasteiger partial charge on any atom is -0.462 e. The molecule has 0 aromatic carbocycles. The molecule has 6 heteroatoms. The molecular weight excluding hydrogens is 985 g/mol. The number of carbonyl (C=O) groups is 3. The van der Waals surface area contributed by atoms with E-state index in [1.807, 2.05) is 0 Å². The quantitative estimate of drug-likeness (QED) is 0.0261. The summed E-state index contributed by atoms with van der Waals surface area (Å²) in [4.78, 5) is 38.4. The highest BCUT2D eigenvalue weighted by atomic mass is 16.6. The number of carbonyl (C=O) groups excluding carboxylic acids is 3. The van der Waals surface area contributed by atoms with Crippen LogP contribution in [0.25, 0.3) is 0 Å². The first kappa shape index (κ1) is 76.9. The van der Waals surface area contributed by atoms with Crippen molar-refractivity contribution in [1.29, 1.82) is 0 Å². The predicted octanol–water partition coefficient (Wildman–Crippen LogP) is 24.1. The van der Waals surface area contributed by atoms with Crippen molar-refractivity contribution in [2.45, 2.75) is 367 Å². The third-order valence-corrected chi connectivity index (χ3v) is 15.4. The lowest BCUT2D eigenvalue weighted by atomic mass is 10.0. The Labute approximate surface area is 497 Å². The fraction of sp³-hybridized carbons (Fsp3) is 0.797. The molecule has 464 valence electrons. The van der Waals surface area contributed by atoms with Crippen molar-refractivity contribution in [3.8, 4) is 0 Å². The van der Waals surface area contributed by atoms with Gasteiger partial charge in [-0.2, -0.15) is 0 Å². The van der Waals surface area contributed by atoms with Gasteiger partial charge < -0.3 is 14.2 Å². The van der Waals surface area contributed by atoms with Crippen LogP contribution in [0.1, 0.15) is 361 Å². The lowest BCUT2D eigenvalue weighted by Gasteiger charge is -2.18. The summed E-state index contributed by atoms with van der Waals surface area (Å²) < 4.78 is 16.9. The fourth-order valence-corrected chi connectivity index (χ4v) is 10.1. The molecule has 0 rings (SSSR count). The number of hydrogen-bond acceptors (Lipinski definition) is 6. The Kier molecular flexibility index (Phi) is 65.7. The van der Waals surface area contributed by atoms with Gasteiger partial charge in [0.05, 0.1) is 0 Å². The van der Waals surface area contributed by atoms with Gasteiger partial charge in [0.25, 0.3) is 0 Å². The number of unbranched alkanes of at least 4 members (excludes halogenated alkanes) is 41. The smallest absolute Gasteiger partial charge is 0.306 e. The van der Waals surface area contributed by atoms with Gasteiger partial charge in [-0.15, -0.1) is 0 Å². The second-order valence-electron chi connectivity index (χ2n) is 23.4. The highest BCUT2D eigenvalue weighted by molar-refractivity contribution is 5.71. The summed E-state index contributed by atoms with van der Waals surface area (Å²) in [6.45, 7) is 6.59. The van der Waals surface area contributed by atoms with E-state index in [9.17, 15) is 14.4 Å². The van der Waals surface area contributed by atoms with Gasteiger partial charge in [0.15, 0.2) is 6.10 Å². The largest absolute Gasteiger partial charge is 0.462 e. The third kappa shape index (κ3) is 65.7. The van der Waals surface area contributed by atoms with E-state index >= 15 is 0 Å². The van der Waals surface area contributed by atoms with Gasteiger partial charge in [0.1, 0.15) is 13.2 Å². The van der Waals surface area contributed by atoms with Gasteiger partial charge in [-0.05, 0) is 109 Å². The minimum atomic E-state index is -0.785. The molecule has 0 fully saturated rings. The van der Waals surface area contributed by atoms with Crippen LogP contribution in [-0.2, 0) is 28.6 Å². The van der Waals surface area contributed by atoms with Crippen molar-refractivity contribution in [2.24, 2.45) is 0 Å². The Balaban J connectivity index is 4.19. The topological polar surface area (TPSA) is 78.9 Å². The van der Waals surface area contributed by atoms with Crippen molar-refractivity contribution in [2.75, 3.05) is 13.2 Å². The first-order chi connectivity index (χ1) is 39.5. The van der Waals surface area contributed by atoms with Gasteiger partial charge in [-0.1, -0.05) is 306 Å². The summed E-state index contributed by atoms with van der Waals surface area (Å²) in [6.07, 6.45) is 89.3. The molecule has 0 aliphatic heterocycles. The molecule has 6 nitrogen and oxygen atoms in total. The monoisotopic (exact) mass is 1120 g/mol. The van der Waals surface area contributed by atoms with Crippen molar-refractivity contribution in [1.82, 2.24) is 0 Å². The molecule has 1 unspecified atom stereocenters. The molecule has 80 heavy (non-hydrogen) atoms. The summed E-state index contributed by atoms with van der Waals surface area (Å²) in [5.74, 6) is -0.884. The van der Waals surface area contributed by atoms with Crippen molar-refractivity contribution < 1.29 is 28.6 Å². The molecule has 0 amide bonds. The highest BCUT2D eigenvalue weighted by Crippen LogP contribution is 2.17. The summed E-state index contributed by atoms with van der Waals surface area (Å²) in [5.41, 5.74) is 0. The Morgan fingerprint density at radius 2 is 0.463 bits per heavy atom. The number of esters is 3. The lowest BCUT2D eigenvalue weighted by Crippen LogP contribution is -2.30. The number of ether oxygens (including phenoxy) is 3. The average Bonchev–Trinajstić information content (AvgIpc) is 3.46. The van der Waals surface area contributed by atoms with E-state index in [4.69, 9.17) is 14.2 Å². The molecule has 0 saturated heterocycles. The van der Waals surface area contributed by atoms with Crippen molar-refractivity contribution in [3.63, 3.8) is 0 Å². The highest BCUT2D eigenvalue weighted by Gasteiger charge is 2.19. The molecule has 0 aromatic heterocycles. The van der Waals surface area contributed by atoms with Crippen LogP contribution in [-0.4, -0.2) is 37.2 Å². The molecular formula is C74H132O6. The molecule has 0 saturated carbocycles. The van der Waals surface area contributed by atoms with Gasteiger partial charge in [0.2, 0.25) is 0 Å². The maximum atomic E-state index is 12.9. The van der Waals surface area contributed by atoms with E-state index < -0.39 is 6.10 Å². The van der Waals surface area contributed by atoms with E-state index in [0.29, 0.717) is 19.3 Å². The Morgan fingerprint density at radius 1 is 0.250 bits per heavy atom. The van der Waals surface area contributed by atoms with Gasteiger partial charge in [-0.25, -0.2) is 0 Å². The second kappa shape index (κ2) is 68.3. The summed E-state index contributed by atoms with van der Waals surface area (Å²) >= 11 is 0. The van der Waals surface area contributed by atoms with Crippen molar-refractivity contribution in [3.05, 3.63) is 72.9 Å². The summed E-state index contributed by atoms with van der Waals surface area (Å²) in [7, 11) is 0.